The van der Waals surface area contributed by atoms with E-state index < -0.39 is 27.6 Å². The molecular formula is C10H6Cl2F3NO2. The van der Waals surface area contributed by atoms with Crippen LogP contribution >= 0.6 is 23.2 Å². The molecule has 1 unspecified atom stereocenters. The molecule has 1 aliphatic carbocycles. The summed E-state index contributed by atoms with van der Waals surface area (Å²) in [6.45, 7) is 0. The first-order chi connectivity index (χ1) is 8.11. The number of aromatic nitrogens is 1. The van der Waals surface area contributed by atoms with Gasteiger partial charge in [0.25, 0.3) is 0 Å². The highest BCUT2D eigenvalue weighted by Crippen LogP contribution is 2.64. The van der Waals surface area contributed by atoms with Gasteiger partial charge in [-0.3, -0.25) is 9.78 Å². The van der Waals surface area contributed by atoms with Gasteiger partial charge in [-0.1, -0.05) is 29.3 Å². The van der Waals surface area contributed by atoms with Crippen LogP contribution in [-0.4, -0.2) is 20.4 Å². The van der Waals surface area contributed by atoms with Crippen molar-refractivity contribution >= 4 is 29.2 Å². The van der Waals surface area contributed by atoms with E-state index in [4.69, 9.17) is 28.3 Å². The van der Waals surface area contributed by atoms with Gasteiger partial charge in [0, 0.05) is 12.6 Å². The number of hydrogen-bond donors (Lipinski definition) is 1. The van der Waals surface area contributed by atoms with Gasteiger partial charge in [0.15, 0.2) is 0 Å². The molecule has 1 aromatic heterocycles. The topological polar surface area (TPSA) is 50.2 Å². The molecule has 1 heterocycles. The van der Waals surface area contributed by atoms with Crippen LogP contribution in [0.25, 0.3) is 0 Å². The molecule has 0 amide bonds. The van der Waals surface area contributed by atoms with Crippen LogP contribution in [-0.2, 0) is 16.4 Å². The zero-order valence-electron chi connectivity index (χ0n) is 8.63. The molecule has 0 aromatic carbocycles. The summed E-state index contributed by atoms with van der Waals surface area (Å²) in [6, 6.07) is 1.75. The summed E-state index contributed by atoms with van der Waals surface area (Å²) in [5.74, 6) is -1.28. The minimum atomic E-state index is -4.57. The minimum absolute atomic E-state index is 0.0630. The number of carbonyl (C=O) groups is 1. The van der Waals surface area contributed by atoms with Crippen LogP contribution in [0.2, 0.25) is 0 Å². The third-order valence-electron chi connectivity index (χ3n) is 2.90. The van der Waals surface area contributed by atoms with Crippen molar-refractivity contribution in [2.75, 3.05) is 0 Å². The quantitative estimate of drug-likeness (QED) is 0.854. The van der Waals surface area contributed by atoms with E-state index in [9.17, 15) is 18.0 Å². The predicted molar refractivity (Wildman–Crippen MR) is 57.6 cm³/mol. The number of carboxylic acids is 1. The minimum Gasteiger partial charge on any atom is -0.480 e. The number of hydrogen-bond acceptors (Lipinski definition) is 2. The lowest BCUT2D eigenvalue weighted by Crippen LogP contribution is -2.26. The molecule has 1 saturated carbocycles. The van der Waals surface area contributed by atoms with Gasteiger partial charge in [0.05, 0.1) is 0 Å². The molecule has 3 nitrogen and oxygen atoms in total. The van der Waals surface area contributed by atoms with E-state index in [0.717, 1.165) is 12.3 Å². The smallest absolute Gasteiger partial charge is 0.433 e. The molecule has 2 rings (SSSR count). The molecular weight excluding hydrogens is 294 g/mol. The van der Waals surface area contributed by atoms with E-state index >= 15 is 0 Å². The first kappa shape index (κ1) is 13.4. The average Bonchev–Trinajstić information content (AvgIpc) is 2.82. The van der Waals surface area contributed by atoms with Crippen molar-refractivity contribution in [3.8, 4) is 0 Å². The summed E-state index contributed by atoms with van der Waals surface area (Å²) in [5, 5.41) is 9.10. The first-order valence-corrected chi connectivity index (χ1v) is 5.52. The van der Waals surface area contributed by atoms with Crippen LogP contribution in [0.3, 0.4) is 0 Å². The van der Waals surface area contributed by atoms with Gasteiger partial charge in [-0.25, -0.2) is 0 Å². The molecule has 1 fully saturated rings. The molecule has 0 saturated heterocycles. The summed E-state index contributed by atoms with van der Waals surface area (Å²) in [6.07, 6.45) is -3.79. The lowest BCUT2D eigenvalue weighted by Gasteiger charge is -2.14. The number of halogens is 5. The molecule has 0 spiro atoms. The second-order valence-corrected chi connectivity index (χ2v) is 5.51. The van der Waals surface area contributed by atoms with Gasteiger partial charge in [0.1, 0.15) is 15.4 Å². The van der Waals surface area contributed by atoms with Gasteiger partial charge in [-0.2, -0.15) is 13.2 Å². The highest BCUT2D eigenvalue weighted by Gasteiger charge is 2.73. The molecule has 1 aromatic rings. The standard InChI is InChI=1S/C10H6Cl2F3NO2/c11-9(12)4-8(9,7(17)18)5-1-2-6(16-3-5)10(13,14)15/h1-3H,4H2,(H,17,18). The Kier molecular flexibility index (Phi) is 2.79. The molecule has 1 atom stereocenters. The Balaban J connectivity index is 2.39. The molecule has 0 bridgehead atoms. The fraction of sp³-hybridized carbons (Fsp3) is 0.400. The van der Waals surface area contributed by atoms with Gasteiger partial charge in [-0.15, -0.1) is 0 Å². The lowest BCUT2D eigenvalue weighted by atomic mass is 9.97. The third kappa shape index (κ3) is 1.83. The SMILES string of the molecule is O=C(O)C1(c2ccc(C(F)(F)F)nc2)CC1(Cl)Cl. The average molecular weight is 300 g/mol. The fourth-order valence-corrected chi connectivity index (χ4v) is 2.55. The maximum atomic E-state index is 12.3. The zero-order valence-corrected chi connectivity index (χ0v) is 10.1. The monoisotopic (exact) mass is 299 g/mol. The Morgan fingerprint density at radius 2 is 1.94 bits per heavy atom. The largest absolute Gasteiger partial charge is 0.480 e. The number of carboxylic acid groups (broad SMARTS) is 1. The van der Waals surface area contributed by atoms with Gasteiger partial charge in [0.2, 0.25) is 0 Å². The van der Waals surface area contributed by atoms with E-state index in [2.05, 4.69) is 4.98 Å². The number of nitrogens with zero attached hydrogens (tertiary/aromatic N) is 1. The Labute approximate surface area is 110 Å². The van der Waals surface area contributed by atoms with E-state index in [1.54, 1.807) is 0 Å². The van der Waals surface area contributed by atoms with Gasteiger partial charge < -0.3 is 5.11 Å². The van der Waals surface area contributed by atoms with Crippen molar-refractivity contribution in [2.45, 2.75) is 22.3 Å². The van der Waals surface area contributed by atoms with Crippen LogP contribution in [0.1, 0.15) is 17.7 Å². The third-order valence-corrected chi connectivity index (χ3v) is 3.81. The van der Waals surface area contributed by atoms with Gasteiger partial charge in [-0.05, 0) is 11.6 Å². The van der Waals surface area contributed by atoms with Crippen molar-refractivity contribution in [3.05, 3.63) is 29.6 Å². The van der Waals surface area contributed by atoms with Crippen molar-refractivity contribution in [1.82, 2.24) is 4.98 Å². The Hall–Kier alpha value is -1.01. The molecule has 18 heavy (non-hydrogen) atoms. The maximum absolute atomic E-state index is 12.3. The molecule has 98 valence electrons. The van der Waals surface area contributed by atoms with Crippen molar-refractivity contribution < 1.29 is 23.1 Å². The summed E-state index contributed by atoms with van der Waals surface area (Å²) in [7, 11) is 0. The second-order valence-electron chi connectivity index (χ2n) is 4.02. The van der Waals surface area contributed by atoms with E-state index in [1.807, 2.05) is 0 Å². The van der Waals surface area contributed by atoms with Crippen LogP contribution in [0, 0.1) is 0 Å². The fourth-order valence-electron chi connectivity index (χ4n) is 1.77. The van der Waals surface area contributed by atoms with Crippen molar-refractivity contribution in [3.63, 3.8) is 0 Å². The van der Waals surface area contributed by atoms with E-state index in [0.29, 0.717) is 6.07 Å². The molecule has 1 aliphatic rings. The number of rotatable bonds is 2. The van der Waals surface area contributed by atoms with Crippen molar-refractivity contribution in [1.29, 1.82) is 0 Å². The number of pyridine rings is 1. The number of aliphatic carboxylic acids is 1. The lowest BCUT2D eigenvalue weighted by molar-refractivity contribution is -0.141. The predicted octanol–water partition coefficient (Wildman–Crippen LogP) is 3.00. The Morgan fingerprint density at radius 1 is 1.39 bits per heavy atom. The Bertz CT molecular complexity index is 501. The summed E-state index contributed by atoms with van der Waals surface area (Å²) >= 11 is 11.5. The molecule has 0 aliphatic heterocycles. The second kappa shape index (κ2) is 3.74. The highest BCUT2D eigenvalue weighted by atomic mass is 35.5. The van der Waals surface area contributed by atoms with Crippen LogP contribution in [0.4, 0.5) is 13.2 Å². The van der Waals surface area contributed by atoms with Crippen molar-refractivity contribution in [2.24, 2.45) is 0 Å². The number of alkyl halides is 5. The van der Waals surface area contributed by atoms with E-state index in [-0.39, 0.29) is 12.0 Å². The summed E-state index contributed by atoms with van der Waals surface area (Å²) < 4.78 is 35.4. The summed E-state index contributed by atoms with van der Waals surface area (Å²) in [4.78, 5) is 14.4. The normalized spacial score (nSPS) is 25.8. The zero-order chi connectivity index (χ0) is 13.8. The molecule has 1 N–H and O–H groups in total. The van der Waals surface area contributed by atoms with Crippen LogP contribution in [0.5, 0.6) is 0 Å². The van der Waals surface area contributed by atoms with Crippen LogP contribution in [0.15, 0.2) is 18.3 Å². The first-order valence-electron chi connectivity index (χ1n) is 4.76. The van der Waals surface area contributed by atoms with Gasteiger partial charge >= 0.3 is 12.1 Å². The molecule has 0 radical (unpaired) electrons. The highest BCUT2D eigenvalue weighted by molar-refractivity contribution is 6.54. The maximum Gasteiger partial charge on any atom is 0.433 e. The van der Waals surface area contributed by atoms with E-state index in [1.165, 1.54) is 0 Å². The van der Waals surface area contributed by atoms with Crippen LogP contribution < -0.4 is 0 Å². The summed E-state index contributed by atoms with van der Waals surface area (Å²) in [5.41, 5.74) is -2.61. The molecule has 8 heteroatoms. The Morgan fingerprint density at radius 3 is 2.22 bits per heavy atom.